The summed E-state index contributed by atoms with van der Waals surface area (Å²) in [6.45, 7) is 6.59. The highest BCUT2D eigenvalue weighted by Gasteiger charge is 2.17. The molecule has 0 fully saturated rings. The van der Waals surface area contributed by atoms with E-state index in [0.717, 1.165) is 12.0 Å². The standard InChI is InChI=1S/C15H24N2O2/c1-4-15(2,3)17-14(19)11-16-10-13(18)12-8-6-5-7-9-12/h5-9,13,16,18H,4,10-11H2,1-3H3,(H,17,19). The van der Waals surface area contributed by atoms with Gasteiger partial charge in [-0.05, 0) is 25.8 Å². The number of carbonyl (C=O) groups excluding carboxylic acids is 1. The molecule has 0 aliphatic rings. The van der Waals surface area contributed by atoms with Gasteiger partial charge in [-0.25, -0.2) is 0 Å². The van der Waals surface area contributed by atoms with Crippen LogP contribution in [0.1, 0.15) is 38.9 Å². The molecular weight excluding hydrogens is 240 g/mol. The summed E-state index contributed by atoms with van der Waals surface area (Å²) in [4.78, 5) is 11.7. The van der Waals surface area contributed by atoms with E-state index < -0.39 is 6.10 Å². The third-order valence-corrected chi connectivity index (χ3v) is 3.17. The zero-order valence-electron chi connectivity index (χ0n) is 11.9. The first-order valence-corrected chi connectivity index (χ1v) is 6.69. The minimum absolute atomic E-state index is 0.0490. The van der Waals surface area contributed by atoms with Gasteiger partial charge in [0.25, 0.3) is 0 Å². The lowest BCUT2D eigenvalue weighted by molar-refractivity contribution is -0.121. The number of hydrogen-bond donors (Lipinski definition) is 3. The Bertz CT molecular complexity index is 390. The molecule has 0 heterocycles. The van der Waals surface area contributed by atoms with Gasteiger partial charge in [0, 0.05) is 12.1 Å². The lowest BCUT2D eigenvalue weighted by Crippen LogP contribution is -2.46. The maximum atomic E-state index is 11.7. The van der Waals surface area contributed by atoms with Crippen LogP contribution in [0, 0.1) is 0 Å². The number of rotatable bonds is 7. The fraction of sp³-hybridized carbons (Fsp3) is 0.533. The summed E-state index contributed by atoms with van der Waals surface area (Å²) in [5.41, 5.74) is 0.667. The molecule has 4 heteroatoms. The fourth-order valence-corrected chi connectivity index (χ4v) is 1.63. The summed E-state index contributed by atoms with van der Waals surface area (Å²) in [7, 11) is 0. The topological polar surface area (TPSA) is 61.4 Å². The third-order valence-electron chi connectivity index (χ3n) is 3.17. The molecule has 1 unspecified atom stereocenters. The number of nitrogens with one attached hydrogen (secondary N) is 2. The first kappa shape index (κ1) is 15.7. The van der Waals surface area contributed by atoms with Gasteiger partial charge in [-0.2, -0.15) is 0 Å². The van der Waals surface area contributed by atoms with Crippen LogP contribution in [-0.4, -0.2) is 29.6 Å². The van der Waals surface area contributed by atoms with E-state index >= 15 is 0 Å². The Balaban J connectivity index is 2.29. The predicted octanol–water partition coefficient (Wildman–Crippen LogP) is 1.61. The number of amides is 1. The smallest absolute Gasteiger partial charge is 0.234 e. The predicted molar refractivity (Wildman–Crippen MR) is 76.8 cm³/mol. The van der Waals surface area contributed by atoms with Crippen LogP contribution < -0.4 is 10.6 Å². The second kappa shape index (κ2) is 7.26. The van der Waals surface area contributed by atoms with Crippen LogP contribution in [0.5, 0.6) is 0 Å². The van der Waals surface area contributed by atoms with Crippen molar-refractivity contribution in [2.75, 3.05) is 13.1 Å². The van der Waals surface area contributed by atoms with E-state index in [1.807, 2.05) is 51.1 Å². The molecule has 1 aromatic rings. The number of carbonyl (C=O) groups is 1. The van der Waals surface area contributed by atoms with E-state index in [1.54, 1.807) is 0 Å². The van der Waals surface area contributed by atoms with Crippen LogP contribution in [0.15, 0.2) is 30.3 Å². The zero-order valence-corrected chi connectivity index (χ0v) is 11.9. The van der Waals surface area contributed by atoms with Crippen molar-refractivity contribution in [1.82, 2.24) is 10.6 Å². The van der Waals surface area contributed by atoms with Crippen molar-refractivity contribution in [3.63, 3.8) is 0 Å². The quantitative estimate of drug-likeness (QED) is 0.701. The number of benzene rings is 1. The molecule has 1 amide bonds. The van der Waals surface area contributed by atoms with Crippen LogP contribution >= 0.6 is 0 Å². The molecule has 4 nitrogen and oxygen atoms in total. The number of hydrogen-bond acceptors (Lipinski definition) is 3. The van der Waals surface area contributed by atoms with Crippen molar-refractivity contribution in [3.8, 4) is 0 Å². The maximum absolute atomic E-state index is 11.7. The molecule has 19 heavy (non-hydrogen) atoms. The lowest BCUT2D eigenvalue weighted by atomic mass is 10.0. The molecule has 0 aliphatic carbocycles. The minimum atomic E-state index is -0.590. The summed E-state index contributed by atoms with van der Waals surface area (Å²) < 4.78 is 0. The third kappa shape index (κ3) is 5.85. The van der Waals surface area contributed by atoms with Crippen molar-refractivity contribution in [2.24, 2.45) is 0 Å². The Morgan fingerprint density at radius 3 is 2.53 bits per heavy atom. The van der Waals surface area contributed by atoms with Gasteiger partial charge in [0.15, 0.2) is 0 Å². The number of aliphatic hydroxyl groups excluding tert-OH is 1. The van der Waals surface area contributed by atoms with Crippen molar-refractivity contribution >= 4 is 5.91 Å². The summed E-state index contributed by atoms with van der Waals surface area (Å²) in [5.74, 6) is -0.0490. The molecule has 0 aromatic heterocycles. The lowest BCUT2D eigenvalue weighted by Gasteiger charge is -2.24. The summed E-state index contributed by atoms with van der Waals surface area (Å²) >= 11 is 0. The highest BCUT2D eigenvalue weighted by Crippen LogP contribution is 2.10. The van der Waals surface area contributed by atoms with Gasteiger partial charge in [-0.3, -0.25) is 4.79 Å². The molecule has 0 spiro atoms. The minimum Gasteiger partial charge on any atom is -0.387 e. The van der Waals surface area contributed by atoms with Gasteiger partial charge in [-0.1, -0.05) is 37.3 Å². The molecule has 0 saturated heterocycles. The van der Waals surface area contributed by atoms with Gasteiger partial charge in [-0.15, -0.1) is 0 Å². The summed E-state index contributed by atoms with van der Waals surface area (Å²) in [5, 5.41) is 15.8. The van der Waals surface area contributed by atoms with Gasteiger partial charge < -0.3 is 15.7 Å². The van der Waals surface area contributed by atoms with Gasteiger partial charge in [0.05, 0.1) is 12.6 Å². The van der Waals surface area contributed by atoms with Crippen molar-refractivity contribution in [1.29, 1.82) is 0 Å². The molecule has 106 valence electrons. The number of aliphatic hydroxyl groups is 1. The highest BCUT2D eigenvalue weighted by atomic mass is 16.3. The van der Waals surface area contributed by atoms with Crippen molar-refractivity contribution in [3.05, 3.63) is 35.9 Å². The second-order valence-electron chi connectivity index (χ2n) is 5.34. The molecule has 3 N–H and O–H groups in total. The Hall–Kier alpha value is -1.39. The first-order chi connectivity index (χ1) is 8.94. The van der Waals surface area contributed by atoms with Crippen LogP contribution in [0.4, 0.5) is 0 Å². The molecule has 0 bridgehead atoms. The summed E-state index contributed by atoms with van der Waals surface area (Å²) in [6.07, 6.45) is 0.291. The van der Waals surface area contributed by atoms with E-state index in [4.69, 9.17) is 0 Å². The molecule has 0 aliphatic heterocycles. The Morgan fingerprint density at radius 2 is 1.95 bits per heavy atom. The zero-order chi connectivity index (χ0) is 14.3. The van der Waals surface area contributed by atoms with Crippen molar-refractivity contribution in [2.45, 2.75) is 38.8 Å². The van der Waals surface area contributed by atoms with E-state index in [-0.39, 0.29) is 18.0 Å². The molecule has 1 aromatic carbocycles. The van der Waals surface area contributed by atoms with E-state index in [2.05, 4.69) is 10.6 Å². The van der Waals surface area contributed by atoms with Crippen LogP contribution in [0.2, 0.25) is 0 Å². The van der Waals surface area contributed by atoms with Gasteiger partial charge >= 0.3 is 0 Å². The SMILES string of the molecule is CCC(C)(C)NC(=O)CNCC(O)c1ccccc1. The molecular formula is C15H24N2O2. The first-order valence-electron chi connectivity index (χ1n) is 6.69. The van der Waals surface area contributed by atoms with Gasteiger partial charge in [0.1, 0.15) is 0 Å². The van der Waals surface area contributed by atoms with Gasteiger partial charge in [0.2, 0.25) is 5.91 Å². The Morgan fingerprint density at radius 1 is 1.32 bits per heavy atom. The Kier molecular flexibility index (Phi) is 5.99. The highest BCUT2D eigenvalue weighted by molar-refractivity contribution is 5.78. The van der Waals surface area contributed by atoms with Crippen LogP contribution in [-0.2, 0) is 4.79 Å². The summed E-state index contributed by atoms with van der Waals surface area (Å²) in [6, 6.07) is 9.41. The molecule has 1 atom stereocenters. The van der Waals surface area contributed by atoms with Crippen LogP contribution in [0.25, 0.3) is 0 Å². The molecule has 0 saturated carbocycles. The molecule has 1 rings (SSSR count). The largest absolute Gasteiger partial charge is 0.387 e. The van der Waals surface area contributed by atoms with E-state index in [1.165, 1.54) is 0 Å². The monoisotopic (exact) mass is 264 g/mol. The fourth-order valence-electron chi connectivity index (χ4n) is 1.63. The van der Waals surface area contributed by atoms with Crippen LogP contribution in [0.3, 0.4) is 0 Å². The van der Waals surface area contributed by atoms with E-state index in [0.29, 0.717) is 6.54 Å². The maximum Gasteiger partial charge on any atom is 0.234 e. The normalized spacial score (nSPS) is 13.1. The average Bonchev–Trinajstić information content (AvgIpc) is 2.39. The average molecular weight is 264 g/mol. The van der Waals surface area contributed by atoms with E-state index in [9.17, 15) is 9.90 Å². The second-order valence-corrected chi connectivity index (χ2v) is 5.34. The molecule has 0 radical (unpaired) electrons. The Labute approximate surface area is 115 Å². The van der Waals surface area contributed by atoms with Crippen molar-refractivity contribution < 1.29 is 9.90 Å².